The number of hydrogen-bond donors (Lipinski definition) is 0. The normalized spacial score (nSPS) is 15.8. The number of rotatable bonds is 4. The van der Waals surface area contributed by atoms with Gasteiger partial charge in [0.2, 0.25) is 0 Å². The maximum Gasteiger partial charge on any atom is 0.276 e. The van der Waals surface area contributed by atoms with E-state index in [2.05, 4.69) is 0 Å². The lowest BCUT2D eigenvalue weighted by molar-refractivity contribution is -0.121. The van der Waals surface area contributed by atoms with Gasteiger partial charge in [-0.1, -0.05) is 35.3 Å². The highest BCUT2D eigenvalue weighted by Crippen LogP contribution is 2.36. The molecule has 0 saturated carbocycles. The van der Waals surface area contributed by atoms with E-state index in [1.807, 2.05) is 0 Å². The van der Waals surface area contributed by atoms with E-state index >= 15 is 0 Å². The highest BCUT2D eigenvalue weighted by molar-refractivity contribution is 7.80. The molecule has 1 fully saturated rings. The molecule has 0 aromatic heterocycles. The zero-order valence-electron chi connectivity index (χ0n) is 14.5. The van der Waals surface area contributed by atoms with Gasteiger partial charge in [0.15, 0.2) is 10.9 Å². The van der Waals surface area contributed by atoms with Gasteiger partial charge in [0.05, 0.1) is 10.0 Å². The van der Waals surface area contributed by atoms with Crippen molar-refractivity contribution in [3.05, 3.63) is 69.1 Å². The number of benzene rings is 2. The van der Waals surface area contributed by atoms with Gasteiger partial charge in [-0.25, -0.2) is 4.39 Å². The van der Waals surface area contributed by atoms with Crippen LogP contribution in [0.4, 0.5) is 4.39 Å². The third-order valence-electron chi connectivity index (χ3n) is 4.06. The summed E-state index contributed by atoms with van der Waals surface area (Å²) in [4.78, 5) is 15.3. The van der Waals surface area contributed by atoms with E-state index in [9.17, 15) is 9.18 Å². The van der Waals surface area contributed by atoms with Crippen LogP contribution in [-0.2, 0) is 11.4 Å². The summed E-state index contributed by atoms with van der Waals surface area (Å²) in [6.45, 7) is 0.123. The number of nitrogens with zero attached hydrogens (tertiary/aromatic N) is 2. The number of ether oxygens (including phenoxy) is 1. The van der Waals surface area contributed by atoms with Gasteiger partial charge < -0.3 is 9.64 Å². The molecule has 0 bridgehead atoms. The van der Waals surface area contributed by atoms with Crippen molar-refractivity contribution in [2.75, 3.05) is 14.1 Å². The van der Waals surface area contributed by atoms with Crippen LogP contribution >= 0.6 is 35.4 Å². The first-order valence-corrected chi connectivity index (χ1v) is 9.08. The first-order valence-electron chi connectivity index (χ1n) is 7.91. The number of hydrogen-bond acceptors (Lipinski definition) is 3. The predicted molar refractivity (Wildman–Crippen MR) is 108 cm³/mol. The zero-order valence-corrected chi connectivity index (χ0v) is 16.8. The van der Waals surface area contributed by atoms with Crippen LogP contribution in [0.25, 0.3) is 6.08 Å². The summed E-state index contributed by atoms with van der Waals surface area (Å²) in [5, 5.41) is 0.989. The number of likely N-dealkylation sites (N-methyl/N-ethyl adjacent to an activating group) is 2. The van der Waals surface area contributed by atoms with Gasteiger partial charge in [0, 0.05) is 14.1 Å². The molecule has 0 unspecified atom stereocenters. The molecule has 1 saturated heterocycles. The summed E-state index contributed by atoms with van der Waals surface area (Å²) in [5.41, 5.74) is 1.71. The molecule has 1 heterocycles. The number of halogens is 3. The van der Waals surface area contributed by atoms with Crippen molar-refractivity contribution in [1.29, 1.82) is 0 Å². The average molecular weight is 425 g/mol. The molecule has 8 heteroatoms. The standard InChI is InChI=1S/C19H15Cl2FN2O2S/c1-23-16(18(25)24(2)19(23)27)9-12-7-14(20)17(15(21)8-12)26-10-11-4-3-5-13(22)6-11/h3-9H,10H2,1-2H3. The maximum atomic E-state index is 13.3. The summed E-state index contributed by atoms with van der Waals surface area (Å²) in [6, 6.07) is 9.36. The van der Waals surface area contributed by atoms with E-state index in [0.29, 0.717) is 27.7 Å². The SMILES string of the molecule is CN1C(=O)C(=Cc2cc(Cl)c(OCc3cccc(F)c3)c(Cl)c2)N(C)C1=S. The molecule has 2 aromatic carbocycles. The molecular formula is C19H15Cl2FN2O2S. The number of amides is 1. The Morgan fingerprint density at radius 1 is 1.15 bits per heavy atom. The van der Waals surface area contributed by atoms with Crippen molar-refractivity contribution in [3.63, 3.8) is 0 Å². The number of carbonyl (C=O) groups excluding carboxylic acids is 1. The quantitative estimate of drug-likeness (QED) is 0.523. The molecule has 1 aliphatic rings. The lowest BCUT2D eigenvalue weighted by Gasteiger charge is -2.13. The molecule has 0 atom stereocenters. The minimum Gasteiger partial charge on any atom is -0.486 e. The van der Waals surface area contributed by atoms with Crippen molar-refractivity contribution in [2.24, 2.45) is 0 Å². The van der Waals surface area contributed by atoms with Gasteiger partial charge in [0.25, 0.3) is 5.91 Å². The van der Waals surface area contributed by atoms with E-state index in [1.165, 1.54) is 17.0 Å². The van der Waals surface area contributed by atoms with Crippen LogP contribution in [-0.4, -0.2) is 34.9 Å². The highest BCUT2D eigenvalue weighted by Gasteiger charge is 2.32. The van der Waals surface area contributed by atoms with Gasteiger partial charge >= 0.3 is 0 Å². The highest BCUT2D eigenvalue weighted by atomic mass is 35.5. The fraction of sp³-hybridized carbons (Fsp3) is 0.158. The Labute approximate surface area is 171 Å². The lowest BCUT2D eigenvalue weighted by Crippen LogP contribution is -2.26. The van der Waals surface area contributed by atoms with Crippen molar-refractivity contribution >= 4 is 52.5 Å². The van der Waals surface area contributed by atoms with Gasteiger partial charge in [-0.3, -0.25) is 9.69 Å². The van der Waals surface area contributed by atoms with Crippen LogP contribution in [0.1, 0.15) is 11.1 Å². The molecule has 3 rings (SSSR count). The largest absolute Gasteiger partial charge is 0.486 e. The third-order valence-corrected chi connectivity index (χ3v) is 5.16. The van der Waals surface area contributed by atoms with Crippen LogP contribution < -0.4 is 4.74 Å². The predicted octanol–water partition coefficient (Wildman–Crippen LogP) is 4.74. The summed E-state index contributed by atoms with van der Waals surface area (Å²) in [7, 11) is 3.33. The minimum absolute atomic E-state index is 0.123. The van der Waals surface area contributed by atoms with Crippen LogP contribution in [0, 0.1) is 5.82 Å². The average Bonchev–Trinajstić information content (AvgIpc) is 2.79. The monoisotopic (exact) mass is 424 g/mol. The first-order chi connectivity index (χ1) is 12.8. The Morgan fingerprint density at radius 2 is 1.81 bits per heavy atom. The second-order valence-corrected chi connectivity index (χ2v) is 7.15. The molecule has 27 heavy (non-hydrogen) atoms. The smallest absolute Gasteiger partial charge is 0.276 e. The number of thiocarbonyl (C=S) groups is 1. The van der Waals surface area contributed by atoms with Crippen molar-refractivity contribution in [2.45, 2.75) is 6.61 Å². The molecule has 140 valence electrons. The summed E-state index contributed by atoms with van der Waals surface area (Å²) in [6.07, 6.45) is 1.66. The van der Waals surface area contributed by atoms with E-state index in [1.54, 1.807) is 49.3 Å². The van der Waals surface area contributed by atoms with Crippen molar-refractivity contribution in [1.82, 2.24) is 9.80 Å². The number of carbonyl (C=O) groups is 1. The molecule has 0 N–H and O–H groups in total. The summed E-state index contributed by atoms with van der Waals surface area (Å²) in [5.74, 6) is -0.256. The molecule has 0 radical (unpaired) electrons. The Hall–Kier alpha value is -2.15. The van der Waals surface area contributed by atoms with E-state index in [-0.39, 0.29) is 28.4 Å². The van der Waals surface area contributed by atoms with Crippen molar-refractivity contribution in [3.8, 4) is 5.75 Å². The fourth-order valence-corrected chi connectivity index (χ4v) is 3.42. The Morgan fingerprint density at radius 3 is 2.37 bits per heavy atom. The van der Waals surface area contributed by atoms with Gasteiger partial charge in [-0.15, -0.1) is 0 Å². The van der Waals surface area contributed by atoms with Crippen LogP contribution in [0.3, 0.4) is 0 Å². The Balaban J connectivity index is 1.84. The molecule has 1 amide bonds. The van der Waals surface area contributed by atoms with Crippen LogP contribution in [0.15, 0.2) is 42.1 Å². The fourth-order valence-electron chi connectivity index (χ4n) is 2.63. The molecular weight excluding hydrogens is 410 g/mol. The Bertz CT molecular complexity index is 941. The Kier molecular flexibility index (Phi) is 5.69. The first kappa shape index (κ1) is 19.6. The summed E-state index contributed by atoms with van der Waals surface area (Å²) >= 11 is 17.8. The molecule has 0 spiro atoms. The third kappa shape index (κ3) is 4.08. The van der Waals surface area contributed by atoms with Gasteiger partial charge in [-0.2, -0.15) is 0 Å². The van der Waals surface area contributed by atoms with E-state index in [4.69, 9.17) is 40.2 Å². The van der Waals surface area contributed by atoms with E-state index < -0.39 is 0 Å². The lowest BCUT2D eigenvalue weighted by atomic mass is 10.1. The minimum atomic E-state index is -0.344. The molecule has 0 aliphatic carbocycles. The second kappa shape index (κ2) is 7.84. The van der Waals surface area contributed by atoms with Crippen molar-refractivity contribution < 1.29 is 13.9 Å². The molecule has 4 nitrogen and oxygen atoms in total. The summed E-state index contributed by atoms with van der Waals surface area (Å²) < 4.78 is 18.9. The van der Waals surface area contributed by atoms with E-state index in [0.717, 1.165) is 0 Å². The molecule has 1 aliphatic heterocycles. The van der Waals surface area contributed by atoms with Crippen LogP contribution in [0.2, 0.25) is 10.0 Å². The second-order valence-electron chi connectivity index (χ2n) is 5.97. The van der Waals surface area contributed by atoms with Crippen LogP contribution in [0.5, 0.6) is 5.75 Å². The van der Waals surface area contributed by atoms with Gasteiger partial charge in [0.1, 0.15) is 18.1 Å². The zero-order chi connectivity index (χ0) is 19.7. The van der Waals surface area contributed by atoms with Gasteiger partial charge in [-0.05, 0) is 53.7 Å². The topological polar surface area (TPSA) is 32.8 Å². The maximum absolute atomic E-state index is 13.3. The molecule has 2 aromatic rings.